The molecule has 0 radical (unpaired) electrons. The van der Waals surface area contributed by atoms with Crippen molar-refractivity contribution >= 4 is 5.91 Å². The predicted molar refractivity (Wildman–Crippen MR) is 91.6 cm³/mol. The van der Waals surface area contributed by atoms with E-state index in [9.17, 15) is 14.3 Å². The highest BCUT2D eigenvalue weighted by Gasteiger charge is 2.15. The number of benzene rings is 2. The summed E-state index contributed by atoms with van der Waals surface area (Å²) < 4.78 is 23.6. The molecule has 2 rings (SSSR count). The van der Waals surface area contributed by atoms with Crippen LogP contribution in [0, 0.1) is 5.82 Å². The summed E-state index contributed by atoms with van der Waals surface area (Å²) in [5.74, 6) is -0.215. The molecule has 2 atom stereocenters. The second kappa shape index (κ2) is 9.76. The van der Waals surface area contributed by atoms with E-state index >= 15 is 0 Å². The van der Waals surface area contributed by atoms with E-state index in [-0.39, 0.29) is 24.9 Å². The minimum Gasteiger partial charge on any atom is -0.491 e. The van der Waals surface area contributed by atoms with Crippen LogP contribution < -0.4 is 10.1 Å². The summed E-state index contributed by atoms with van der Waals surface area (Å²) in [7, 11) is 0. The second-order valence-electron chi connectivity index (χ2n) is 5.60. The van der Waals surface area contributed by atoms with Gasteiger partial charge in [0.1, 0.15) is 30.4 Å². The fourth-order valence-corrected chi connectivity index (χ4v) is 2.02. The highest BCUT2D eigenvalue weighted by atomic mass is 19.1. The van der Waals surface area contributed by atoms with E-state index in [1.54, 1.807) is 6.92 Å². The van der Waals surface area contributed by atoms with Gasteiger partial charge in [0.05, 0.1) is 6.61 Å². The van der Waals surface area contributed by atoms with Crippen molar-refractivity contribution in [1.82, 2.24) is 5.32 Å². The summed E-state index contributed by atoms with van der Waals surface area (Å²) in [6.07, 6.45) is -1.51. The van der Waals surface area contributed by atoms with Crippen LogP contribution in [0.1, 0.15) is 12.5 Å². The van der Waals surface area contributed by atoms with Crippen LogP contribution in [0.3, 0.4) is 0 Å². The first-order valence-corrected chi connectivity index (χ1v) is 8.04. The van der Waals surface area contributed by atoms with Gasteiger partial charge in [-0.2, -0.15) is 0 Å². The van der Waals surface area contributed by atoms with Gasteiger partial charge in [-0.3, -0.25) is 4.79 Å². The Bertz CT molecular complexity index is 648. The summed E-state index contributed by atoms with van der Waals surface area (Å²) in [5, 5.41) is 12.5. The average molecular weight is 347 g/mol. The van der Waals surface area contributed by atoms with E-state index in [0.29, 0.717) is 12.4 Å². The number of rotatable bonds is 9. The summed E-state index contributed by atoms with van der Waals surface area (Å²) in [4.78, 5) is 12.0. The molecular formula is C19H22FNO4. The Morgan fingerprint density at radius 1 is 1.16 bits per heavy atom. The van der Waals surface area contributed by atoms with Crippen molar-refractivity contribution in [3.05, 3.63) is 66.0 Å². The number of amides is 1. The Morgan fingerprint density at radius 2 is 1.84 bits per heavy atom. The summed E-state index contributed by atoms with van der Waals surface area (Å²) in [5.41, 5.74) is 0.981. The van der Waals surface area contributed by atoms with E-state index in [1.807, 2.05) is 30.3 Å². The molecule has 0 bridgehead atoms. The van der Waals surface area contributed by atoms with Crippen molar-refractivity contribution in [3.8, 4) is 5.75 Å². The van der Waals surface area contributed by atoms with Crippen molar-refractivity contribution in [1.29, 1.82) is 0 Å². The molecule has 2 N–H and O–H groups in total. The van der Waals surface area contributed by atoms with Crippen LogP contribution in [-0.2, 0) is 16.1 Å². The number of hydrogen-bond acceptors (Lipinski definition) is 4. The maximum Gasteiger partial charge on any atom is 0.248 e. The van der Waals surface area contributed by atoms with Crippen LogP contribution in [0.25, 0.3) is 0 Å². The van der Waals surface area contributed by atoms with E-state index in [2.05, 4.69) is 5.32 Å². The van der Waals surface area contributed by atoms with Crippen LogP contribution in [0.15, 0.2) is 54.6 Å². The van der Waals surface area contributed by atoms with Crippen LogP contribution in [-0.4, -0.2) is 36.4 Å². The number of aliphatic hydroxyl groups is 1. The monoisotopic (exact) mass is 347 g/mol. The van der Waals surface area contributed by atoms with Gasteiger partial charge in [-0.25, -0.2) is 4.39 Å². The molecule has 0 aliphatic heterocycles. The molecule has 0 fully saturated rings. The van der Waals surface area contributed by atoms with Gasteiger partial charge >= 0.3 is 0 Å². The van der Waals surface area contributed by atoms with E-state index in [0.717, 1.165) is 5.56 Å². The van der Waals surface area contributed by atoms with Crippen LogP contribution in [0.2, 0.25) is 0 Å². The largest absolute Gasteiger partial charge is 0.491 e. The number of nitrogens with one attached hydrogen (secondary N) is 1. The molecule has 0 heterocycles. The lowest BCUT2D eigenvalue weighted by Gasteiger charge is -2.16. The molecule has 0 aliphatic carbocycles. The molecule has 6 heteroatoms. The van der Waals surface area contributed by atoms with E-state index < -0.39 is 12.2 Å². The number of hydrogen-bond donors (Lipinski definition) is 2. The van der Waals surface area contributed by atoms with Crippen molar-refractivity contribution < 1.29 is 23.8 Å². The predicted octanol–water partition coefficient (Wildman–Crippen LogP) is 2.29. The Hall–Kier alpha value is -2.44. The number of halogens is 1. The van der Waals surface area contributed by atoms with Crippen molar-refractivity contribution in [2.75, 3.05) is 13.2 Å². The normalized spacial score (nSPS) is 13.1. The summed E-state index contributed by atoms with van der Waals surface area (Å²) >= 11 is 0. The molecule has 1 amide bonds. The number of ether oxygens (including phenoxy) is 2. The first-order valence-electron chi connectivity index (χ1n) is 8.04. The fraction of sp³-hybridized carbons (Fsp3) is 0.316. The van der Waals surface area contributed by atoms with Crippen molar-refractivity contribution in [2.24, 2.45) is 0 Å². The van der Waals surface area contributed by atoms with Crippen LogP contribution in [0.5, 0.6) is 5.75 Å². The zero-order valence-electron chi connectivity index (χ0n) is 14.0. The molecule has 2 aromatic carbocycles. The minimum atomic E-state index is -0.879. The fourth-order valence-electron chi connectivity index (χ4n) is 2.02. The Morgan fingerprint density at radius 3 is 2.52 bits per heavy atom. The average Bonchev–Trinajstić information content (AvgIpc) is 2.64. The Balaban J connectivity index is 1.65. The van der Waals surface area contributed by atoms with Gasteiger partial charge < -0.3 is 19.9 Å². The van der Waals surface area contributed by atoms with Gasteiger partial charge in [0, 0.05) is 6.54 Å². The smallest absolute Gasteiger partial charge is 0.248 e. The molecule has 0 saturated carbocycles. The maximum absolute atomic E-state index is 12.8. The van der Waals surface area contributed by atoms with Gasteiger partial charge in [-0.15, -0.1) is 0 Å². The van der Waals surface area contributed by atoms with Gasteiger partial charge in [0.2, 0.25) is 5.91 Å². The third kappa shape index (κ3) is 6.91. The van der Waals surface area contributed by atoms with Crippen molar-refractivity contribution in [2.45, 2.75) is 25.7 Å². The minimum absolute atomic E-state index is 0.00876. The van der Waals surface area contributed by atoms with Gasteiger partial charge in [-0.05, 0) is 36.8 Å². The van der Waals surface area contributed by atoms with Crippen molar-refractivity contribution in [3.63, 3.8) is 0 Å². The molecular weight excluding hydrogens is 325 g/mol. The Kier molecular flexibility index (Phi) is 7.37. The highest BCUT2D eigenvalue weighted by Crippen LogP contribution is 2.11. The number of carbonyl (C=O) groups excluding carboxylic acids is 1. The first kappa shape index (κ1) is 18.9. The zero-order chi connectivity index (χ0) is 18.1. The third-order valence-electron chi connectivity index (χ3n) is 3.48. The molecule has 25 heavy (non-hydrogen) atoms. The molecule has 0 aliphatic rings. The number of aliphatic hydroxyl groups excluding tert-OH is 1. The van der Waals surface area contributed by atoms with Crippen LogP contribution in [0.4, 0.5) is 4.39 Å². The number of carbonyl (C=O) groups is 1. The molecule has 0 spiro atoms. The lowest BCUT2D eigenvalue weighted by Crippen LogP contribution is -2.40. The standard InChI is InChI=1S/C19H22FNO4/c1-14(24-12-15-5-3-2-4-6-15)19(23)21-11-17(22)13-25-18-9-7-16(20)8-10-18/h2-10,14,17,22H,11-13H2,1H3,(H,21,23)/t14-,17+/m1/s1. The zero-order valence-corrected chi connectivity index (χ0v) is 14.0. The van der Waals surface area contributed by atoms with E-state index in [1.165, 1.54) is 24.3 Å². The summed E-state index contributed by atoms with van der Waals surface area (Å²) in [6.45, 7) is 2.02. The lowest BCUT2D eigenvalue weighted by atomic mass is 10.2. The van der Waals surface area contributed by atoms with Gasteiger partial charge in [-0.1, -0.05) is 30.3 Å². The maximum atomic E-state index is 12.8. The third-order valence-corrected chi connectivity index (χ3v) is 3.48. The molecule has 0 saturated heterocycles. The summed E-state index contributed by atoms with van der Waals surface area (Å²) in [6, 6.07) is 15.0. The van der Waals surface area contributed by atoms with E-state index in [4.69, 9.17) is 9.47 Å². The Labute approximate surface area is 146 Å². The van der Waals surface area contributed by atoms with Gasteiger partial charge in [0.15, 0.2) is 0 Å². The molecule has 0 unspecified atom stereocenters. The first-order chi connectivity index (χ1) is 12.0. The SMILES string of the molecule is C[C@@H](OCc1ccccc1)C(=O)NC[C@H](O)COc1ccc(F)cc1. The molecule has 134 valence electrons. The highest BCUT2D eigenvalue weighted by molar-refractivity contribution is 5.80. The topological polar surface area (TPSA) is 67.8 Å². The quantitative estimate of drug-likeness (QED) is 0.730. The molecule has 5 nitrogen and oxygen atoms in total. The molecule has 2 aromatic rings. The molecule has 0 aromatic heterocycles. The van der Waals surface area contributed by atoms with Gasteiger partial charge in [0.25, 0.3) is 0 Å². The lowest BCUT2D eigenvalue weighted by molar-refractivity contribution is -0.133. The second-order valence-corrected chi connectivity index (χ2v) is 5.60. The van der Waals surface area contributed by atoms with Crippen LogP contribution >= 0.6 is 0 Å².